The van der Waals surface area contributed by atoms with Crippen LogP contribution in [-0.4, -0.2) is 36.5 Å². The number of nitrogens with zero attached hydrogens (tertiary/aromatic N) is 1. The van der Waals surface area contributed by atoms with Crippen LogP contribution in [0.3, 0.4) is 0 Å². The molecule has 0 atom stereocenters. The number of oxime groups is 1. The number of carbonyl (C=O) groups excluding carboxylic acids is 1. The molecule has 0 bridgehead atoms. The Balaban J connectivity index is 4.41. The highest BCUT2D eigenvalue weighted by Gasteiger charge is 2.21. The van der Waals surface area contributed by atoms with Gasteiger partial charge in [-0.2, -0.15) is 0 Å². The van der Waals surface area contributed by atoms with Crippen LogP contribution in [0, 0.1) is 0 Å². The molecule has 68 valence electrons. The number of ether oxygens (including phenoxy) is 1. The van der Waals surface area contributed by atoms with Gasteiger partial charge in [-0.1, -0.05) is 5.16 Å². The Hall–Kier alpha value is -1.59. The molecule has 6 nitrogen and oxygen atoms in total. The van der Waals surface area contributed by atoms with Gasteiger partial charge in [0.15, 0.2) is 0 Å². The van der Waals surface area contributed by atoms with Gasteiger partial charge < -0.3 is 14.7 Å². The molecule has 0 aromatic carbocycles. The van der Waals surface area contributed by atoms with Crippen molar-refractivity contribution in [2.24, 2.45) is 5.16 Å². The maximum Gasteiger partial charge on any atom is 0.368 e. The summed E-state index contributed by atoms with van der Waals surface area (Å²) < 4.78 is 4.39. The van der Waals surface area contributed by atoms with Crippen LogP contribution in [-0.2, 0) is 19.2 Å². The van der Waals surface area contributed by atoms with Crippen LogP contribution in [0.5, 0.6) is 0 Å². The van der Waals surface area contributed by atoms with E-state index >= 15 is 0 Å². The van der Waals surface area contributed by atoms with Crippen LogP contribution in [0.4, 0.5) is 0 Å². The fraction of sp³-hybridized carbons (Fsp3) is 0.500. The molecule has 0 radical (unpaired) electrons. The Morgan fingerprint density at radius 1 is 1.50 bits per heavy atom. The molecule has 0 aromatic rings. The van der Waals surface area contributed by atoms with Crippen LogP contribution >= 0.6 is 0 Å². The third kappa shape index (κ3) is 3.00. The summed E-state index contributed by atoms with van der Waals surface area (Å²) >= 11 is 0. The first kappa shape index (κ1) is 10.4. The summed E-state index contributed by atoms with van der Waals surface area (Å²) in [6.07, 6.45) is 0. The summed E-state index contributed by atoms with van der Waals surface area (Å²) in [6, 6.07) is 0. The minimum atomic E-state index is -1.48. The monoisotopic (exact) mass is 175 g/mol. The number of rotatable bonds is 4. The van der Waals surface area contributed by atoms with Crippen LogP contribution < -0.4 is 0 Å². The van der Waals surface area contributed by atoms with E-state index in [0.29, 0.717) is 0 Å². The highest BCUT2D eigenvalue weighted by Crippen LogP contribution is 1.86. The number of hydrogen-bond acceptors (Lipinski definition) is 5. The molecule has 0 unspecified atom stereocenters. The Morgan fingerprint density at radius 3 is 2.42 bits per heavy atom. The van der Waals surface area contributed by atoms with Gasteiger partial charge in [-0.25, -0.2) is 9.59 Å². The Kier molecular flexibility index (Phi) is 4.43. The highest BCUT2D eigenvalue weighted by atomic mass is 16.6. The molecular weight excluding hydrogens is 166 g/mol. The summed E-state index contributed by atoms with van der Waals surface area (Å²) in [6.45, 7) is 1.65. The first-order chi connectivity index (χ1) is 5.63. The van der Waals surface area contributed by atoms with Gasteiger partial charge in [-0.3, -0.25) is 0 Å². The normalized spacial score (nSPS) is 10.7. The van der Waals surface area contributed by atoms with Crippen LogP contribution in [0.2, 0.25) is 0 Å². The topological polar surface area (TPSA) is 85.2 Å². The van der Waals surface area contributed by atoms with Crippen molar-refractivity contribution in [2.45, 2.75) is 6.92 Å². The summed E-state index contributed by atoms with van der Waals surface area (Å²) in [4.78, 5) is 25.2. The molecule has 12 heavy (non-hydrogen) atoms. The van der Waals surface area contributed by atoms with Crippen molar-refractivity contribution in [1.29, 1.82) is 0 Å². The molecule has 0 aromatic heterocycles. The highest BCUT2D eigenvalue weighted by molar-refractivity contribution is 6.62. The summed E-state index contributed by atoms with van der Waals surface area (Å²) in [5, 5.41) is 11.4. The minimum absolute atomic E-state index is 0.0921. The van der Waals surface area contributed by atoms with E-state index in [4.69, 9.17) is 5.11 Å². The summed E-state index contributed by atoms with van der Waals surface area (Å²) in [7, 11) is 1.14. The third-order valence-corrected chi connectivity index (χ3v) is 0.854. The third-order valence-electron chi connectivity index (χ3n) is 0.854. The molecule has 0 fully saturated rings. The SMILES string of the molecule is CCOC(=O)/C(=N\OC)C(=O)O. The molecule has 6 heteroatoms. The smallest absolute Gasteiger partial charge is 0.368 e. The molecule has 0 saturated heterocycles. The van der Waals surface area contributed by atoms with Crippen molar-refractivity contribution >= 4 is 17.7 Å². The van der Waals surface area contributed by atoms with Gasteiger partial charge in [0, 0.05) is 0 Å². The van der Waals surface area contributed by atoms with Crippen molar-refractivity contribution in [3.8, 4) is 0 Å². The predicted molar refractivity (Wildman–Crippen MR) is 38.7 cm³/mol. The number of carbonyl (C=O) groups is 2. The largest absolute Gasteiger partial charge is 0.476 e. The Morgan fingerprint density at radius 2 is 2.08 bits per heavy atom. The molecule has 0 rings (SSSR count). The van der Waals surface area contributed by atoms with Crippen LogP contribution in [0.1, 0.15) is 6.92 Å². The van der Waals surface area contributed by atoms with E-state index in [1.165, 1.54) is 0 Å². The summed E-state index contributed by atoms with van der Waals surface area (Å²) in [5.41, 5.74) is -0.764. The zero-order valence-electron chi connectivity index (χ0n) is 6.73. The lowest BCUT2D eigenvalue weighted by Gasteiger charge is -1.99. The Bertz CT molecular complexity index is 210. The predicted octanol–water partition coefficient (Wildman–Crippen LogP) is -0.364. The Labute approximate surface area is 68.8 Å². The minimum Gasteiger partial charge on any atom is -0.476 e. The van der Waals surface area contributed by atoms with Crippen LogP contribution in [0.15, 0.2) is 5.16 Å². The number of esters is 1. The van der Waals surface area contributed by atoms with Crippen LogP contribution in [0.25, 0.3) is 0 Å². The van der Waals surface area contributed by atoms with Gasteiger partial charge in [-0.05, 0) is 6.92 Å². The van der Waals surface area contributed by atoms with Crippen molar-refractivity contribution in [3.05, 3.63) is 0 Å². The number of carboxylic acids is 1. The first-order valence-corrected chi connectivity index (χ1v) is 3.15. The van der Waals surface area contributed by atoms with E-state index in [-0.39, 0.29) is 6.61 Å². The average molecular weight is 175 g/mol. The van der Waals surface area contributed by atoms with Gasteiger partial charge >= 0.3 is 11.9 Å². The molecule has 0 aliphatic rings. The maximum absolute atomic E-state index is 10.8. The van der Waals surface area contributed by atoms with E-state index in [1.54, 1.807) is 6.92 Å². The lowest BCUT2D eigenvalue weighted by Crippen LogP contribution is -2.26. The molecule has 0 aliphatic carbocycles. The van der Waals surface area contributed by atoms with Gasteiger partial charge in [0.2, 0.25) is 0 Å². The van der Waals surface area contributed by atoms with Crippen molar-refractivity contribution in [3.63, 3.8) is 0 Å². The van der Waals surface area contributed by atoms with Gasteiger partial charge in [0.05, 0.1) is 6.61 Å². The van der Waals surface area contributed by atoms with Crippen molar-refractivity contribution in [2.75, 3.05) is 13.7 Å². The van der Waals surface area contributed by atoms with Crippen molar-refractivity contribution in [1.82, 2.24) is 0 Å². The molecule has 0 amide bonds. The van der Waals surface area contributed by atoms with E-state index in [2.05, 4.69) is 14.7 Å². The molecule has 0 saturated carbocycles. The zero-order valence-corrected chi connectivity index (χ0v) is 6.73. The van der Waals surface area contributed by atoms with E-state index < -0.39 is 17.7 Å². The fourth-order valence-electron chi connectivity index (χ4n) is 0.454. The second-order valence-corrected chi connectivity index (χ2v) is 1.65. The number of hydrogen-bond donors (Lipinski definition) is 1. The lowest BCUT2D eigenvalue weighted by molar-refractivity contribution is -0.138. The number of carboxylic acid groups (broad SMARTS) is 1. The van der Waals surface area contributed by atoms with Gasteiger partial charge in [0.25, 0.3) is 5.71 Å². The second kappa shape index (κ2) is 5.11. The van der Waals surface area contributed by atoms with Gasteiger partial charge in [-0.15, -0.1) is 0 Å². The van der Waals surface area contributed by atoms with Gasteiger partial charge in [0.1, 0.15) is 7.11 Å². The fourth-order valence-corrected chi connectivity index (χ4v) is 0.454. The second-order valence-electron chi connectivity index (χ2n) is 1.65. The zero-order chi connectivity index (χ0) is 9.56. The quantitative estimate of drug-likeness (QED) is 0.273. The molecule has 0 heterocycles. The van der Waals surface area contributed by atoms with Crippen molar-refractivity contribution < 1.29 is 24.3 Å². The molecule has 0 aliphatic heterocycles. The molecular formula is C6H9NO5. The van der Waals surface area contributed by atoms with E-state index in [0.717, 1.165) is 7.11 Å². The number of aliphatic carboxylic acids is 1. The lowest BCUT2D eigenvalue weighted by atomic mass is 10.4. The van der Waals surface area contributed by atoms with E-state index in [1.807, 2.05) is 0 Å². The molecule has 1 N–H and O–H groups in total. The summed E-state index contributed by atoms with van der Waals surface area (Å²) in [5.74, 6) is -2.48. The maximum atomic E-state index is 10.8. The first-order valence-electron chi connectivity index (χ1n) is 3.15. The average Bonchev–Trinajstić information content (AvgIpc) is 1.99. The molecule has 0 spiro atoms. The standard InChI is InChI=1S/C6H9NO5/c1-3-12-6(10)4(5(8)9)7-11-2/h3H2,1-2H3,(H,8,9)/b7-4-. The van der Waals surface area contributed by atoms with E-state index in [9.17, 15) is 9.59 Å².